The summed E-state index contributed by atoms with van der Waals surface area (Å²) in [6.45, 7) is 6.38. The molecule has 0 fully saturated rings. The molecule has 0 heterocycles. The fraction of sp³-hybridized carbons (Fsp3) is 0.500. The normalized spacial score (nSPS) is 12.3. The topological polar surface area (TPSA) is 35.8 Å². The maximum atomic E-state index is 13.9. The molecule has 4 heteroatoms. The molecule has 0 amide bonds. The van der Waals surface area contributed by atoms with Gasteiger partial charge in [-0.05, 0) is 53.7 Å². The van der Waals surface area contributed by atoms with Crippen molar-refractivity contribution in [2.45, 2.75) is 39.7 Å². The van der Waals surface area contributed by atoms with Gasteiger partial charge in [0.1, 0.15) is 6.07 Å². The van der Waals surface area contributed by atoms with E-state index in [2.05, 4.69) is 35.1 Å². The summed E-state index contributed by atoms with van der Waals surface area (Å²) in [4.78, 5) is 0. The lowest BCUT2D eigenvalue weighted by Crippen LogP contribution is -2.17. The van der Waals surface area contributed by atoms with Gasteiger partial charge >= 0.3 is 0 Å². The Bertz CT molecular complexity index is 452. The van der Waals surface area contributed by atoms with Crippen molar-refractivity contribution in [2.24, 2.45) is 5.92 Å². The van der Waals surface area contributed by atoms with E-state index in [9.17, 15) is 4.39 Å². The summed E-state index contributed by atoms with van der Waals surface area (Å²) in [5, 5.41) is 11.9. The third-order valence-corrected chi connectivity index (χ3v) is 3.56. The summed E-state index contributed by atoms with van der Waals surface area (Å²) in [6, 6.07) is 5.38. The van der Waals surface area contributed by atoms with Crippen LogP contribution in [0.1, 0.15) is 39.2 Å². The highest BCUT2D eigenvalue weighted by atomic mass is 79.9. The molecule has 0 saturated heterocycles. The zero-order valence-electron chi connectivity index (χ0n) is 10.9. The second-order valence-corrected chi connectivity index (χ2v) is 5.71. The van der Waals surface area contributed by atoms with E-state index in [0.717, 1.165) is 12.8 Å². The van der Waals surface area contributed by atoms with Gasteiger partial charge in [-0.25, -0.2) is 4.39 Å². The van der Waals surface area contributed by atoms with Crippen LogP contribution in [0.5, 0.6) is 0 Å². The first kappa shape index (κ1) is 15.0. The number of nitriles is 1. The van der Waals surface area contributed by atoms with Crippen LogP contribution >= 0.6 is 15.9 Å². The monoisotopic (exact) mass is 312 g/mol. The largest absolute Gasteiger partial charge is 0.380 e. The molecule has 1 rings (SSSR count). The number of hydrogen-bond donors (Lipinski definition) is 1. The van der Waals surface area contributed by atoms with Crippen LogP contribution in [0.4, 0.5) is 10.1 Å². The van der Waals surface area contributed by atoms with E-state index >= 15 is 0 Å². The molecule has 0 bridgehead atoms. The smallest absolute Gasteiger partial charge is 0.161 e. The van der Waals surface area contributed by atoms with Gasteiger partial charge in [0, 0.05) is 6.04 Å². The third-order valence-electron chi connectivity index (χ3n) is 2.78. The summed E-state index contributed by atoms with van der Waals surface area (Å²) in [7, 11) is 0. The highest BCUT2D eigenvalue weighted by molar-refractivity contribution is 9.10. The first-order chi connectivity index (χ1) is 8.45. The molecule has 1 N–H and O–H groups in total. The Balaban J connectivity index is 2.74. The summed E-state index contributed by atoms with van der Waals surface area (Å²) in [5.74, 6) is 0.247. The van der Waals surface area contributed by atoms with Crippen LogP contribution in [0.2, 0.25) is 0 Å². The van der Waals surface area contributed by atoms with Crippen molar-refractivity contribution in [1.29, 1.82) is 5.26 Å². The van der Waals surface area contributed by atoms with E-state index in [4.69, 9.17) is 5.26 Å². The van der Waals surface area contributed by atoms with Gasteiger partial charge in [-0.1, -0.05) is 13.8 Å². The van der Waals surface area contributed by atoms with Crippen LogP contribution < -0.4 is 5.32 Å². The Morgan fingerprint density at radius 3 is 2.56 bits per heavy atom. The molecule has 18 heavy (non-hydrogen) atoms. The molecule has 0 aliphatic rings. The molecule has 2 nitrogen and oxygen atoms in total. The van der Waals surface area contributed by atoms with Gasteiger partial charge in [-0.2, -0.15) is 5.26 Å². The minimum atomic E-state index is -0.398. The van der Waals surface area contributed by atoms with Crippen LogP contribution in [-0.2, 0) is 0 Å². The van der Waals surface area contributed by atoms with Crippen molar-refractivity contribution in [3.63, 3.8) is 0 Å². The van der Waals surface area contributed by atoms with Crippen molar-refractivity contribution >= 4 is 21.6 Å². The second kappa shape index (κ2) is 6.75. The molecule has 1 unspecified atom stereocenters. The van der Waals surface area contributed by atoms with Gasteiger partial charge in [0.05, 0.1) is 15.7 Å². The Morgan fingerprint density at radius 2 is 2.00 bits per heavy atom. The van der Waals surface area contributed by atoms with Crippen LogP contribution in [0, 0.1) is 23.1 Å². The van der Waals surface area contributed by atoms with E-state index in [1.165, 1.54) is 0 Å². The first-order valence-corrected chi connectivity index (χ1v) is 6.89. The Morgan fingerprint density at radius 1 is 1.33 bits per heavy atom. The number of rotatable bonds is 5. The minimum Gasteiger partial charge on any atom is -0.380 e. The number of anilines is 1. The number of hydrogen-bond acceptors (Lipinski definition) is 2. The molecule has 0 radical (unpaired) electrons. The summed E-state index contributed by atoms with van der Waals surface area (Å²) in [6.07, 6.45) is 2.10. The fourth-order valence-electron chi connectivity index (χ4n) is 1.67. The molecule has 1 aromatic rings. The quantitative estimate of drug-likeness (QED) is 0.855. The maximum absolute atomic E-state index is 13.9. The molecule has 98 valence electrons. The predicted octanol–water partition coefficient (Wildman–Crippen LogP) is 4.70. The second-order valence-electron chi connectivity index (χ2n) is 4.92. The molecule has 1 aromatic carbocycles. The summed E-state index contributed by atoms with van der Waals surface area (Å²) in [5.41, 5.74) is 0.755. The minimum absolute atomic E-state index is 0.210. The van der Waals surface area contributed by atoms with Gasteiger partial charge in [0.2, 0.25) is 0 Å². The highest BCUT2D eigenvalue weighted by Crippen LogP contribution is 2.27. The van der Waals surface area contributed by atoms with E-state index < -0.39 is 5.82 Å². The summed E-state index contributed by atoms with van der Waals surface area (Å²) >= 11 is 3.11. The number of nitrogens with zero attached hydrogens (tertiary/aromatic N) is 1. The van der Waals surface area contributed by atoms with E-state index in [1.54, 1.807) is 12.1 Å². The standard InChI is InChI=1S/C14H18BrFN2/c1-9(2)4-5-10(3)18-12-7-6-11(8-17)13(15)14(12)16/h6-7,9-10,18H,4-5H2,1-3H3. The lowest BCUT2D eigenvalue weighted by molar-refractivity contribution is 0.525. The van der Waals surface area contributed by atoms with Gasteiger partial charge < -0.3 is 5.32 Å². The van der Waals surface area contributed by atoms with Crippen molar-refractivity contribution in [3.8, 4) is 6.07 Å². The molecule has 0 spiro atoms. The molecule has 0 saturated carbocycles. The average Bonchev–Trinajstić information content (AvgIpc) is 2.33. The molecular weight excluding hydrogens is 295 g/mol. The first-order valence-electron chi connectivity index (χ1n) is 6.10. The van der Waals surface area contributed by atoms with Crippen LogP contribution in [0.15, 0.2) is 16.6 Å². The van der Waals surface area contributed by atoms with Gasteiger partial charge in [-0.15, -0.1) is 0 Å². The number of benzene rings is 1. The Labute approximate surface area is 116 Å². The predicted molar refractivity (Wildman–Crippen MR) is 76.0 cm³/mol. The zero-order chi connectivity index (χ0) is 13.7. The van der Waals surface area contributed by atoms with Gasteiger partial charge in [0.25, 0.3) is 0 Å². The van der Waals surface area contributed by atoms with E-state index in [0.29, 0.717) is 17.2 Å². The molecule has 0 aliphatic carbocycles. The fourth-order valence-corrected chi connectivity index (χ4v) is 2.10. The average molecular weight is 313 g/mol. The van der Waals surface area contributed by atoms with Crippen molar-refractivity contribution < 1.29 is 4.39 Å². The van der Waals surface area contributed by atoms with Crippen molar-refractivity contribution in [2.75, 3.05) is 5.32 Å². The molecule has 0 aromatic heterocycles. The molecular formula is C14H18BrFN2. The molecule has 1 atom stereocenters. The maximum Gasteiger partial charge on any atom is 0.161 e. The highest BCUT2D eigenvalue weighted by Gasteiger charge is 2.12. The lowest BCUT2D eigenvalue weighted by Gasteiger charge is -2.17. The number of halogens is 2. The zero-order valence-corrected chi connectivity index (χ0v) is 12.5. The molecule has 0 aliphatic heterocycles. The summed E-state index contributed by atoms with van der Waals surface area (Å²) < 4.78 is 14.2. The van der Waals surface area contributed by atoms with E-state index in [1.807, 2.05) is 13.0 Å². The Kier molecular flexibility index (Phi) is 5.61. The Hall–Kier alpha value is -1.08. The third kappa shape index (κ3) is 3.99. The van der Waals surface area contributed by atoms with Gasteiger partial charge in [0.15, 0.2) is 5.82 Å². The van der Waals surface area contributed by atoms with Crippen molar-refractivity contribution in [1.82, 2.24) is 0 Å². The van der Waals surface area contributed by atoms with E-state index in [-0.39, 0.29) is 10.5 Å². The number of nitrogens with one attached hydrogen (secondary N) is 1. The van der Waals surface area contributed by atoms with Crippen LogP contribution in [0.25, 0.3) is 0 Å². The van der Waals surface area contributed by atoms with Crippen molar-refractivity contribution in [3.05, 3.63) is 28.0 Å². The van der Waals surface area contributed by atoms with Crippen LogP contribution in [0.3, 0.4) is 0 Å². The lowest BCUT2D eigenvalue weighted by atomic mass is 10.0. The van der Waals surface area contributed by atoms with Gasteiger partial charge in [-0.3, -0.25) is 0 Å². The SMILES string of the molecule is CC(C)CCC(C)Nc1ccc(C#N)c(Br)c1F. The van der Waals surface area contributed by atoms with Crippen LogP contribution in [-0.4, -0.2) is 6.04 Å².